The molecule has 5 nitrogen and oxygen atoms in total. The zero-order valence-corrected chi connectivity index (χ0v) is 9.78. The molecule has 0 atom stereocenters. The number of carbonyl (C=O) groups excluding carboxylic acids is 1. The van der Waals surface area contributed by atoms with Crippen LogP contribution in [0.3, 0.4) is 0 Å². The Morgan fingerprint density at radius 2 is 2.05 bits per heavy atom. The van der Waals surface area contributed by atoms with Crippen molar-refractivity contribution in [1.82, 2.24) is 15.2 Å². The van der Waals surface area contributed by atoms with Crippen LogP contribution in [0.25, 0.3) is 5.69 Å². The molecular weight excluding hydrogens is 280 g/mol. The third kappa shape index (κ3) is 2.48. The molecular formula is C11H8F4N4O. The number of halogens is 4. The number of rotatable bonds is 2. The number of amides is 1. The first kappa shape index (κ1) is 14.0. The number of carbonyl (C=O) groups is 1. The summed E-state index contributed by atoms with van der Waals surface area (Å²) in [7, 11) is 0. The van der Waals surface area contributed by atoms with Gasteiger partial charge in [0.25, 0.3) is 5.91 Å². The average Bonchev–Trinajstić information content (AvgIpc) is 2.82. The number of nitrogens with two attached hydrogens (primary N) is 1. The Morgan fingerprint density at radius 3 is 2.60 bits per heavy atom. The number of alkyl halides is 3. The highest BCUT2D eigenvalue weighted by Gasteiger charge is 2.40. The number of benzene rings is 1. The molecule has 1 aromatic carbocycles. The fourth-order valence-electron chi connectivity index (χ4n) is 1.67. The van der Waals surface area contributed by atoms with Gasteiger partial charge in [-0.2, -0.15) is 18.3 Å². The number of nitrogens with zero attached hydrogens (tertiary/aromatic N) is 2. The van der Waals surface area contributed by atoms with E-state index in [4.69, 9.17) is 5.84 Å². The topological polar surface area (TPSA) is 72.9 Å². The molecule has 2 aromatic rings. The van der Waals surface area contributed by atoms with E-state index < -0.39 is 29.2 Å². The summed E-state index contributed by atoms with van der Waals surface area (Å²) in [5, 5.41) is 3.48. The number of hydrogen-bond acceptors (Lipinski definition) is 3. The molecule has 0 aliphatic carbocycles. The van der Waals surface area contributed by atoms with Crippen molar-refractivity contribution in [2.75, 3.05) is 0 Å². The molecule has 0 aliphatic heterocycles. The van der Waals surface area contributed by atoms with Gasteiger partial charge in [-0.05, 0) is 18.2 Å². The van der Waals surface area contributed by atoms with Crippen molar-refractivity contribution in [3.8, 4) is 5.69 Å². The maximum Gasteiger partial charge on any atom is 0.434 e. The number of aromatic nitrogens is 2. The molecule has 9 heteroatoms. The van der Waals surface area contributed by atoms with Crippen molar-refractivity contribution in [2.45, 2.75) is 6.18 Å². The lowest BCUT2D eigenvalue weighted by molar-refractivity contribution is -0.143. The molecule has 1 heterocycles. The van der Waals surface area contributed by atoms with Gasteiger partial charge in [0, 0.05) is 0 Å². The summed E-state index contributed by atoms with van der Waals surface area (Å²) in [5.41, 5.74) is -0.629. The normalized spacial score (nSPS) is 11.4. The fraction of sp³-hybridized carbons (Fsp3) is 0.0909. The largest absolute Gasteiger partial charge is 0.434 e. The van der Waals surface area contributed by atoms with E-state index in [1.165, 1.54) is 12.1 Å². The van der Waals surface area contributed by atoms with Gasteiger partial charge in [-0.15, -0.1) is 0 Å². The van der Waals surface area contributed by atoms with Crippen LogP contribution in [0.5, 0.6) is 0 Å². The maximum atomic E-state index is 13.1. The standard InChI is InChI=1S/C11H8F4N4O/c12-6-2-1-3-7(4-6)19-9(11(13,14)15)8(5-17-19)10(20)18-16/h1-5H,16H2,(H,18,20). The van der Waals surface area contributed by atoms with E-state index in [1.807, 2.05) is 0 Å². The maximum absolute atomic E-state index is 13.1. The van der Waals surface area contributed by atoms with Crippen LogP contribution in [-0.2, 0) is 6.18 Å². The van der Waals surface area contributed by atoms with Crippen LogP contribution in [0.15, 0.2) is 30.5 Å². The van der Waals surface area contributed by atoms with E-state index in [1.54, 1.807) is 5.43 Å². The Labute approximate surface area is 110 Å². The van der Waals surface area contributed by atoms with Crippen LogP contribution >= 0.6 is 0 Å². The first-order valence-electron chi connectivity index (χ1n) is 5.26. The summed E-state index contributed by atoms with van der Waals surface area (Å²) < 4.78 is 52.7. The van der Waals surface area contributed by atoms with Gasteiger partial charge in [0.05, 0.1) is 17.4 Å². The molecule has 0 saturated carbocycles. The Morgan fingerprint density at radius 1 is 1.35 bits per heavy atom. The molecule has 0 fully saturated rings. The van der Waals surface area contributed by atoms with Gasteiger partial charge in [0.2, 0.25) is 0 Å². The minimum absolute atomic E-state index is 0.159. The van der Waals surface area contributed by atoms with E-state index in [0.29, 0.717) is 4.68 Å². The van der Waals surface area contributed by atoms with Crippen LogP contribution < -0.4 is 11.3 Å². The van der Waals surface area contributed by atoms with Crippen LogP contribution in [0.1, 0.15) is 16.1 Å². The van der Waals surface area contributed by atoms with Crippen molar-refractivity contribution >= 4 is 5.91 Å². The summed E-state index contributed by atoms with van der Waals surface area (Å²) in [6.07, 6.45) is -4.14. The van der Waals surface area contributed by atoms with Crippen molar-refractivity contribution < 1.29 is 22.4 Å². The van der Waals surface area contributed by atoms with Gasteiger partial charge >= 0.3 is 6.18 Å². The molecule has 0 saturated heterocycles. The van der Waals surface area contributed by atoms with Crippen molar-refractivity contribution in [2.24, 2.45) is 5.84 Å². The summed E-state index contributed by atoms with van der Waals surface area (Å²) in [5.74, 6) is 2.96. The molecule has 1 amide bonds. The Balaban J connectivity index is 2.66. The zero-order valence-electron chi connectivity index (χ0n) is 9.78. The highest BCUT2D eigenvalue weighted by molar-refractivity contribution is 5.95. The van der Waals surface area contributed by atoms with Crippen molar-refractivity contribution in [1.29, 1.82) is 0 Å². The monoisotopic (exact) mass is 288 g/mol. The summed E-state index contributed by atoms with van der Waals surface area (Å²) in [4.78, 5) is 11.3. The first-order chi connectivity index (χ1) is 9.34. The molecule has 0 radical (unpaired) electrons. The number of nitrogen functional groups attached to an aromatic ring is 1. The number of hydrazine groups is 1. The lowest BCUT2D eigenvalue weighted by Gasteiger charge is -2.12. The predicted octanol–water partition coefficient (Wildman–Crippen LogP) is 1.63. The van der Waals surface area contributed by atoms with E-state index in [-0.39, 0.29) is 5.69 Å². The first-order valence-corrected chi connectivity index (χ1v) is 5.26. The number of hydrogen-bond donors (Lipinski definition) is 2. The van der Waals surface area contributed by atoms with E-state index >= 15 is 0 Å². The van der Waals surface area contributed by atoms with Gasteiger partial charge in [0.1, 0.15) is 5.82 Å². The highest BCUT2D eigenvalue weighted by Crippen LogP contribution is 2.33. The highest BCUT2D eigenvalue weighted by atomic mass is 19.4. The van der Waals surface area contributed by atoms with Gasteiger partial charge in [-0.1, -0.05) is 6.07 Å². The second-order valence-electron chi connectivity index (χ2n) is 3.77. The number of nitrogens with one attached hydrogen (secondary N) is 1. The summed E-state index contributed by atoms with van der Waals surface area (Å²) >= 11 is 0. The zero-order chi connectivity index (χ0) is 14.9. The third-order valence-corrected chi connectivity index (χ3v) is 2.47. The molecule has 1 aromatic heterocycles. The molecule has 2 rings (SSSR count). The van der Waals surface area contributed by atoms with E-state index in [0.717, 1.165) is 18.3 Å². The van der Waals surface area contributed by atoms with Gasteiger partial charge in [-0.25, -0.2) is 14.9 Å². The second-order valence-corrected chi connectivity index (χ2v) is 3.77. The SMILES string of the molecule is NNC(=O)c1cnn(-c2cccc(F)c2)c1C(F)(F)F. The van der Waals surface area contributed by atoms with E-state index in [2.05, 4.69) is 5.10 Å². The molecule has 0 spiro atoms. The molecule has 106 valence electrons. The van der Waals surface area contributed by atoms with Crippen LogP contribution in [0.2, 0.25) is 0 Å². The fourth-order valence-corrected chi connectivity index (χ4v) is 1.67. The minimum Gasteiger partial charge on any atom is -0.290 e. The molecule has 20 heavy (non-hydrogen) atoms. The minimum atomic E-state index is -4.86. The van der Waals surface area contributed by atoms with E-state index in [9.17, 15) is 22.4 Å². The molecule has 0 bridgehead atoms. The lowest BCUT2D eigenvalue weighted by atomic mass is 10.2. The predicted molar refractivity (Wildman–Crippen MR) is 60.2 cm³/mol. The molecule has 0 unspecified atom stereocenters. The lowest BCUT2D eigenvalue weighted by Crippen LogP contribution is -2.31. The van der Waals surface area contributed by atoms with Crippen LogP contribution in [-0.4, -0.2) is 15.7 Å². The van der Waals surface area contributed by atoms with Crippen molar-refractivity contribution in [3.63, 3.8) is 0 Å². The summed E-state index contributed by atoms with van der Waals surface area (Å²) in [6.45, 7) is 0. The van der Waals surface area contributed by atoms with Gasteiger partial charge in [0.15, 0.2) is 5.69 Å². The Kier molecular flexibility index (Phi) is 3.45. The quantitative estimate of drug-likeness (QED) is 0.382. The van der Waals surface area contributed by atoms with Crippen molar-refractivity contribution in [3.05, 3.63) is 47.5 Å². The van der Waals surface area contributed by atoms with Gasteiger partial charge in [-0.3, -0.25) is 10.2 Å². The summed E-state index contributed by atoms with van der Waals surface area (Å²) in [6, 6.07) is 4.41. The Hall–Kier alpha value is -2.42. The third-order valence-electron chi connectivity index (χ3n) is 2.47. The smallest absolute Gasteiger partial charge is 0.290 e. The van der Waals surface area contributed by atoms with Crippen LogP contribution in [0, 0.1) is 5.82 Å². The second kappa shape index (κ2) is 4.93. The molecule has 3 N–H and O–H groups in total. The van der Waals surface area contributed by atoms with Crippen LogP contribution in [0.4, 0.5) is 17.6 Å². The molecule has 0 aliphatic rings. The Bertz CT molecular complexity index is 650. The average molecular weight is 288 g/mol. The van der Waals surface area contributed by atoms with Gasteiger partial charge < -0.3 is 0 Å².